The molecule has 12 nitrogen and oxygen atoms in total. The zero-order valence-electron chi connectivity index (χ0n) is 33.3. The molecule has 3 spiro atoms. The van der Waals surface area contributed by atoms with Crippen LogP contribution in [0.5, 0.6) is 11.5 Å². The number of anilines is 3. The second kappa shape index (κ2) is 17.4. The van der Waals surface area contributed by atoms with Crippen molar-refractivity contribution >= 4 is 105 Å². The lowest BCUT2D eigenvalue weighted by Gasteiger charge is -2.23. The molecule has 3 unspecified atom stereocenters. The highest BCUT2D eigenvalue weighted by Crippen LogP contribution is 2.54. The number of halogens is 2. The van der Waals surface area contributed by atoms with E-state index >= 15 is 0 Å². The maximum Gasteiger partial charge on any atom is 0.267 e. The Kier molecular flexibility index (Phi) is 11.8. The summed E-state index contributed by atoms with van der Waals surface area (Å²) in [5.41, 5.74) is 19.6. The first-order valence-electron chi connectivity index (χ1n) is 19.7. The number of aromatic hydroxyl groups is 2. The second-order valence-corrected chi connectivity index (χ2v) is 20.4. The van der Waals surface area contributed by atoms with Crippen LogP contribution in [0.1, 0.15) is 40.8 Å². The quantitative estimate of drug-likeness (QED) is 0.0850. The van der Waals surface area contributed by atoms with Crippen LogP contribution in [0.2, 0.25) is 0 Å². The first-order valence-corrected chi connectivity index (χ1v) is 23.7. The van der Waals surface area contributed by atoms with Gasteiger partial charge in [0.25, 0.3) is 5.91 Å². The van der Waals surface area contributed by atoms with Gasteiger partial charge >= 0.3 is 0 Å². The summed E-state index contributed by atoms with van der Waals surface area (Å²) in [6, 6.07) is 44.1. The number of nitrogens with one attached hydrogen (secondary N) is 6. The molecule has 17 heteroatoms. The summed E-state index contributed by atoms with van der Waals surface area (Å²) >= 11 is 11.6. The minimum atomic E-state index is -0.950. The Morgan fingerprint density at radius 3 is 1.48 bits per heavy atom. The van der Waals surface area contributed by atoms with Crippen LogP contribution >= 0.6 is 67.1 Å². The molecule has 0 saturated heterocycles. The van der Waals surface area contributed by atoms with Gasteiger partial charge in [-0.3, -0.25) is 21.1 Å². The van der Waals surface area contributed by atoms with Crippen LogP contribution in [0.15, 0.2) is 188 Å². The smallest absolute Gasteiger partial charge is 0.267 e. The molecule has 8 N–H and O–H groups in total. The lowest BCUT2D eigenvalue weighted by atomic mass is 10.1. The van der Waals surface area contributed by atoms with Crippen LogP contribution in [0.4, 0.5) is 17.1 Å². The van der Waals surface area contributed by atoms with Crippen molar-refractivity contribution in [2.24, 2.45) is 15.3 Å². The van der Waals surface area contributed by atoms with E-state index in [-0.39, 0.29) is 24.8 Å². The van der Waals surface area contributed by atoms with Crippen LogP contribution in [0.25, 0.3) is 0 Å². The number of thioether (sulfide) groups is 3. The van der Waals surface area contributed by atoms with E-state index in [2.05, 4.69) is 123 Å². The predicted octanol–water partition coefficient (Wildman–Crippen LogP) is 11.0. The molecule has 0 aliphatic carbocycles. The summed E-state index contributed by atoms with van der Waals surface area (Å²) in [5, 5.41) is 45.1. The molecule has 3 atom stereocenters. The van der Waals surface area contributed by atoms with Gasteiger partial charge < -0.3 is 26.2 Å². The number of rotatable bonds is 3. The Hall–Kier alpha value is -6.11. The third kappa shape index (κ3) is 7.64. The Balaban J connectivity index is 0.000000122. The van der Waals surface area contributed by atoms with Crippen LogP contribution < -0.4 is 32.2 Å². The van der Waals surface area contributed by atoms with Crippen LogP contribution in [-0.2, 0) is 19.4 Å². The molecule has 6 aliphatic rings. The van der Waals surface area contributed by atoms with Crippen molar-refractivity contribution in [2.45, 2.75) is 22.0 Å². The van der Waals surface area contributed by atoms with Gasteiger partial charge in [-0.25, -0.2) is 0 Å². The van der Waals surface area contributed by atoms with Crippen molar-refractivity contribution < 1.29 is 15.0 Å². The van der Waals surface area contributed by atoms with E-state index in [0.29, 0.717) is 16.2 Å². The number of hydrogen-bond donors (Lipinski definition) is 8. The van der Waals surface area contributed by atoms with Gasteiger partial charge in [-0.2, -0.15) is 15.3 Å². The van der Waals surface area contributed by atoms with Crippen LogP contribution in [-0.4, -0.2) is 31.3 Å². The molecule has 12 rings (SSSR count). The Bertz CT molecular complexity index is 3040. The number of hydrazone groups is 3. The number of fused-ring (bicyclic) bond motifs is 6. The lowest BCUT2D eigenvalue weighted by Crippen LogP contribution is -2.39. The standard InChI is InChI=1S/C16H12BrN3OS.C16H12BrN3S.C15H11N3O2S.CH4/c1-9-16(12-8-10(17)6-7-13(12)18-9)20-19-15(22-16)11-4-2-3-5-14(11)21;1-10-16(13-9-12(17)7-8-14(13)18-10)20-19-15(21-16)11-5-3-2-4-6-11;19-12-8-4-1-5-9(12)13-17-18-15(21-13)10-6-2-3-7-11(10)16-14(15)20;/h2-8,18,20-21H,1H2;2-9,18,20H,1H2;1-8,18-19H,(H,16,20);1H4. The molecule has 65 heavy (non-hydrogen) atoms. The van der Waals surface area contributed by atoms with Gasteiger partial charge in [-0.05, 0) is 66.7 Å². The monoisotopic (exact) mass is 1040 g/mol. The van der Waals surface area contributed by atoms with E-state index in [1.54, 1.807) is 53.9 Å². The summed E-state index contributed by atoms with van der Waals surface area (Å²) in [6.45, 7) is 8.32. The van der Waals surface area contributed by atoms with E-state index in [1.165, 1.54) is 11.8 Å². The number of phenolic OH excluding ortho intramolecular Hbond substituents is 2. The second-order valence-electron chi connectivity index (χ2n) is 14.9. The van der Waals surface area contributed by atoms with E-state index in [4.69, 9.17) is 0 Å². The topological polar surface area (TPSA) is 167 Å². The lowest BCUT2D eigenvalue weighted by molar-refractivity contribution is -0.118. The molecule has 0 radical (unpaired) electrons. The molecule has 6 aliphatic heterocycles. The summed E-state index contributed by atoms with van der Waals surface area (Å²) in [4.78, 5) is 10.5. The fourth-order valence-corrected chi connectivity index (χ4v) is 12.1. The fraction of sp³-hybridized carbons (Fsp3) is 0.0833. The average molecular weight is 1050 g/mol. The van der Waals surface area contributed by atoms with Crippen molar-refractivity contribution in [3.63, 3.8) is 0 Å². The minimum absolute atomic E-state index is 0. The Morgan fingerprint density at radius 2 is 0.923 bits per heavy atom. The molecule has 0 aromatic heterocycles. The molecule has 0 fully saturated rings. The first kappa shape index (κ1) is 44.1. The zero-order valence-corrected chi connectivity index (χ0v) is 38.9. The maximum absolute atomic E-state index is 12.4. The van der Waals surface area contributed by atoms with Crippen molar-refractivity contribution in [3.05, 3.63) is 206 Å². The van der Waals surface area contributed by atoms with Crippen molar-refractivity contribution in [3.8, 4) is 11.5 Å². The van der Waals surface area contributed by atoms with Crippen molar-refractivity contribution in [1.29, 1.82) is 0 Å². The number of nitrogens with zero attached hydrogens (tertiary/aromatic N) is 3. The van der Waals surface area contributed by atoms with Gasteiger partial charge in [0.15, 0.2) is 9.74 Å². The zero-order chi connectivity index (χ0) is 44.2. The van der Waals surface area contributed by atoms with Gasteiger partial charge in [0, 0.05) is 48.3 Å². The van der Waals surface area contributed by atoms with E-state index in [9.17, 15) is 15.0 Å². The van der Waals surface area contributed by atoms with Gasteiger partial charge in [0.2, 0.25) is 4.87 Å². The SMILES string of the molecule is C.C=C1Nc2ccc(Br)cc2C12NN=C(c1ccccc1)S2.C=C1Nc2ccc(Br)cc2C12NN=C(c1ccccc1O)S2.O=C1Nc2ccccc2C12NN=C(c1ccccc1O)S2. The third-order valence-corrected chi connectivity index (χ3v) is 16.0. The van der Waals surface area contributed by atoms with Gasteiger partial charge in [0.1, 0.15) is 26.6 Å². The van der Waals surface area contributed by atoms with Crippen LogP contribution in [0.3, 0.4) is 0 Å². The molecule has 0 bridgehead atoms. The summed E-state index contributed by atoms with van der Waals surface area (Å²) in [7, 11) is 0. The number of hydrogen-bond acceptors (Lipinski definition) is 14. The third-order valence-electron chi connectivity index (χ3n) is 11.0. The molecular formula is C48H39Br2N9O3S3. The van der Waals surface area contributed by atoms with Crippen LogP contribution in [0, 0.1) is 0 Å². The maximum atomic E-state index is 12.4. The van der Waals surface area contributed by atoms with Gasteiger partial charge in [-0.1, -0.05) is 161 Å². The normalized spacial score (nSPS) is 22.2. The molecule has 1 amide bonds. The molecule has 6 aromatic rings. The molecule has 6 aromatic carbocycles. The number of carbonyl (C=O) groups is 1. The van der Waals surface area contributed by atoms with E-state index < -0.39 is 14.6 Å². The Labute approximate surface area is 404 Å². The van der Waals surface area contributed by atoms with E-state index in [1.807, 2.05) is 78.9 Å². The number of para-hydroxylation sites is 3. The summed E-state index contributed by atoms with van der Waals surface area (Å²) < 4.78 is 2.05. The largest absolute Gasteiger partial charge is 0.507 e. The molecular weight excluding hydrogens is 1010 g/mol. The number of benzene rings is 6. The summed E-state index contributed by atoms with van der Waals surface area (Å²) in [6.07, 6.45) is 0. The Morgan fingerprint density at radius 1 is 0.492 bits per heavy atom. The highest BCUT2D eigenvalue weighted by molar-refractivity contribution is 9.10. The van der Waals surface area contributed by atoms with Gasteiger partial charge in [0.05, 0.1) is 22.5 Å². The molecule has 0 saturated carbocycles. The molecule has 6 heterocycles. The van der Waals surface area contributed by atoms with Crippen molar-refractivity contribution in [1.82, 2.24) is 16.3 Å². The van der Waals surface area contributed by atoms with Crippen molar-refractivity contribution in [2.75, 3.05) is 16.0 Å². The highest BCUT2D eigenvalue weighted by Gasteiger charge is 2.52. The summed E-state index contributed by atoms with van der Waals surface area (Å²) in [5.74, 6) is 0.218. The van der Waals surface area contributed by atoms with Gasteiger partial charge in [-0.15, -0.1) is 0 Å². The highest BCUT2D eigenvalue weighted by atomic mass is 79.9. The minimum Gasteiger partial charge on any atom is -0.507 e. The number of carbonyl (C=O) groups excluding carboxylic acids is 1. The number of phenols is 2. The first-order chi connectivity index (χ1) is 31.0. The predicted molar refractivity (Wildman–Crippen MR) is 275 cm³/mol. The number of amides is 1. The van der Waals surface area contributed by atoms with E-state index in [0.717, 1.165) is 69.7 Å². The molecule has 326 valence electrons. The fourth-order valence-electron chi connectivity index (χ4n) is 7.80. The average Bonchev–Trinajstić information content (AvgIpc) is 4.17.